The van der Waals surface area contributed by atoms with Crippen molar-refractivity contribution in [2.75, 3.05) is 0 Å². The van der Waals surface area contributed by atoms with Crippen molar-refractivity contribution in [1.29, 1.82) is 0 Å². The Hall–Kier alpha value is -2.69. The van der Waals surface area contributed by atoms with Gasteiger partial charge in [0, 0.05) is 41.9 Å². The lowest BCUT2D eigenvalue weighted by molar-refractivity contribution is -0.154. The van der Waals surface area contributed by atoms with Crippen LogP contribution >= 0.6 is 12.2 Å². The van der Waals surface area contributed by atoms with E-state index in [0.29, 0.717) is 5.69 Å². The molecule has 0 bridgehead atoms. The molecule has 0 fully saturated rings. The molecular weight excluding hydrogens is 392 g/mol. The average Bonchev–Trinajstić information content (AvgIpc) is 3.11. The number of carboxylic acids is 2. The summed E-state index contributed by atoms with van der Waals surface area (Å²) in [6.45, 7) is -0.0911. The van der Waals surface area contributed by atoms with E-state index >= 15 is 0 Å². The van der Waals surface area contributed by atoms with Gasteiger partial charge in [-0.25, -0.2) is 17.6 Å². The van der Waals surface area contributed by atoms with Crippen molar-refractivity contribution in [3.63, 3.8) is 0 Å². The van der Waals surface area contributed by atoms with Crippen LogP contribution in [0.5, 0.6) is 0 Å². The lowest BCUT2D eigenvalue weighted by Crippen LogP contribution is -2.26. The van der Waals surface area contributed by atoms with Gasteiger partial charge in [-0.2, -0.15) is 0 Å². The Morgan fingerprint density at radius 3 is 2.26 bits per heavy atom. The molecule has 0 radical (unpaired) electrons. The summed E-state index contributed by atoms with van der Waals surface area (Å²) in [5, 5.41) is 18.0. The predicted octanol–water partition coefficient (Wildman–Crippen LogP) is 2.77. The van der Waals surface area contributed by atoms with Crippen LogP contribution in [-0.2, 0) is 29.0 Å². The molecule has 2 heterocycles. The lowest BCUT2D eigenvalue weighted by Gasteiger charge is -2.13. The van der Waals surface area contributed by atoms with E-state index in [-0.39, 0.29) is 29.5 Å². The number of rotatable bonds is 5. The second-order valence-electron chi connectivity index (χ2n) is 6.18. The summed E-state index contributed by atoms with van der Waals surface area (Å²) in [5.41, 5.74) is -0.222. The minimum atomic E-state index is -1.75. The van der Waals surface area contributed by atoms with Gasteiger partial charge in [-0.1, -0.05) is 0 Å². The number of carboxylic acid groups (broad SMARTS) is 2. The van der Waals surface area contributed by atoms with Gasteiger partial charge in [-0.05, 0) is 18.6 Å². The van der Waals surface area contributed by atoms with Crippen molar-refractivity contribution in [3.05, 3.63) is 51.1 Å². The van der Waals surface area contributed by atoms with Crippen LogP contribution in [0, 0.1) is 34.0 Å². The number of nitrogens with one attached hydrogen (secondary N) is 1. The standard InChI is InChI=1S/C16H12F4N2O4S/c17-7-3-8(18)13(20)11(12(7)19)5-1-10-9(21-16(27)22(10)4-5)2-6(14(23)24)15(25)26/h3,5-6H,1-2,4H2,(H,21,27)(H,23,24)(H,25,26). The van der Waals surface area contributed by atoms with Crippen LogP contribution in [0.3, 0.4) is 0 Å². The molecule has 3 rings (SSSR count). The molecule has 0 saturated carbocycles. The molecule has 1 aromatic carbocycles. The molecule has 144 valence electrons. The first kappa shape index (κ1) is 19.1. The summed E-state index contributed by atoms with van der Waals surface area (Å²) >= 11 is 5.08. The van der Waals surface area contributed by atoms with Gasteiger partial charge in [0.15, 0.2) is 34.0 Å². The predicted molar refractivity (Wildman–Crippen MR) is 84.8 cm³/mol. The molecule has 1 aliphatic rings. The number of aromatic amines is 1. The molecule has 0 amide bonds. The first-order valence-electron chi connectivity index (χ1n) is 7.70. The van der Waals surface area contributed by atoms with Gasteiger partial charge >= 0.3 is 11.9 Å². The van der Waals surface area contributed by atoms with E-state index in [0.717, 1.165) is 0 Å². The van der Waals surface area contributed by atoms with E-state index in [2.05, 4.69) is 4.98 Å². The van der Waals surface area contributed by atoms with Crippen LogP contribution in [0.25, 0.3) is 0 Å². The fraction of sp³-hybridized carbons (Fsp3) is 0.312. The van der Waals surface area contributed by atoms with Crippen LogP contribution in [0.2, 0.25) is 0 Å². The van der Waals surface area contributed by atoms with Gasteiger partial charge in [0.05, 0.1) is 0 Å². The fourth-order valence-electron chi connectivity index (χ4n) is 3.30. The largest absolute Gasteiger partial charge is 0.481 e. The Labute approximate surface area is 154 Å². The zero-order valence-electron chi connectivity index (χ0n) is 13.4. The van der Waals surface area contributed by atoms with Crippen molar-refractivity contribution < 1.29 is 37.4 Å². The molecule has 0 spiro atoms. The number of aromatic nitrogens is 2. The molecule has 1 unspecified atom stereocenters. The van der Waals surface area contributed by atoms with Gasteiger partial charge in [0.1, 0.15) is 0 Å². The third-order valence-electron chi connectivity index (χ3n) is 4.58. The molecule has 1 aromatic heterocycles. The number of benzene rings is 1. The first-order valence-corrected chi connectivity index (χ1v) is 8.11. The highest BCUT2D eigenvalue weighted by molar-refractivity contribution is 7.71. The molecule has 0 aliphatic carbocycles. The third-order valence-corrected chi connectivity index (χ3v) is 4.90. The Balaban J connectivity index is 1.98. The maximum absolute atomic E-state index is 14.1. The van der Waals surface area contributed by atoms with Crippen molar-refractivity contribution >= 4 is 24.2 Å². The highest BCUT2D eigenvalue weighted by Crippen LogP contribution is 2.36. The molecule has 6 nitrogen and oxygen atoms in total. The smallest absolute Gasteiger partial charge is 0.318 e. The highest BCUT2D eigenvalue weighted by Gasteiger charge is 2.35. The molecule has 11 heteroatoms. The van der Waals surface area contributed by atoms with Gasteiger partial charge in [0.2, 0.25) is 0 Å². The summed E-state index contributed by atoms with van der Waals surface area (Å²) in [6.07, 6.45) is -0.517. The zero-order valence-corrected chi connectivity index (χ0v) is 14.2. The minimum Gasteiger partial charge on any atom is -0.481 e. The van der Waals surface area contributed by atoms with Crippen molar-refractivity contribution in [2.24, 2.45) is 5.92 Å². The number of hydrogen-bond donors (Lipinski definition) is 3. The molecular formula is C16H12F4N2O4S. The number of hydrogen-bond acceptors (Lipinski definition) is 3. The monoisotopic (exact) mass is 404 g/mol. The normalized spacial score (nSPS) is 16.0. The topological polar surface area (TPSA) is 95.3 Å². The first-order chi connectivity index (χ1) is 12.6. The number of imidazole rings is 1. The van der Waals surface area contributed by atoms with E-state index in [1.807, 2.05) is 0 Å². The van der Waals surface area contributed by atoms with Crippen LogP contribution in [0.4, 0.5) is 17.6 Å². The number of aliphatic carboxylic acids is 2. The Morgan fingerprint density at radius 2 is 1.74 bits per heavy atom. The maximum atomic E-state index is 14.1. The van der Waals surface area contributed by atoms with Crippen molar-refractivity contribution in [3.8, 4) is 0 Å². The lowest BCUT2D eigenvalue weighted by atomic mass is 9.93. The van der Waals surface area contributed by atoms with Crippen molar-refractivity contribution in [2.45, 2.75) is 25.3 Å². The molecule has 0 saturated heterocycles. The van der Waals surface area contributed by atoms with E-state index in [1.54, 1.807) is 0 Å². The van der Waals surface area contributed by atoms with Crippen LogP contribution < -0.4 is 0 Å². The van der Waals surface area contributed by atoms with E-state index in [9.17, 15) is 27.2 Å². The van der Waals surface area contributed by atoms with Crippen molar-refractivity contribution in [1.82, 2.24) is 9.55 Å². The Kier molecular flexibility index (Phi) is 4.81. The minimum absolute atomic E-state index is 0.0911. The maximum Gasteiger partial charge on any atom is 0.318 e. The number of fused-ring (bicyclic) bond motifs is 1. The van der Waals surface area contributed by atoms with Crippen LogP contribution in [-0.4, -0.2) is 31.7 Å². The second-order valence-corrected chi connectivity index (χ2v) is 6.57. The fourth-order valence-corrected chi connectivity index (χ4v) is 3.60. The number of halogens is 4. The van der Waals surface area contributed by atoms with Crippen LogP contribution in [0.1, 0.15) is 22.9 Å². The average molecular weight is 404 g/mol. The SMILES string of the molecule is O=C(O)C(Cc1[nH]c(=S)n2c1CC(c1c(F)c(F)cc(F)c1F)C2)C(=O)O. The van der Waals surface area contributed by atoms with E-state index in [1.165, 1.54) is 4.57 Å². The van der Waals surface area contributed by atoms with Crippen LogP contribution in [0.15, 0.2) is 6.07 Å². The molecule has 27 heavy (non-hydrogen) atoms. The zero-order chi connectivity index (χ0) is 20.0. The van der Waals surface area contributed by atoms with Gasteiger partial charge in [-0.3, -0.25) is 9.59 Å². The molecule has 1 aliphatic heterocycles. The number of carbonyl (C=O) groups is 2. The quantitative estimate of drug-likeness (QED) is 0.308. The molecule has 3 N–H and O–H groups in total. The number of nitrogens with zero attached hydrogens (tertiary/aromatic N) is 1. The molecule has 1 atom stereocenters. The summed E-state index contributed by atoms with van der Waals surface area (Å²) < 4.78 is 56.6. The molecule has 2 aromatic rings. The van der Waals surface area contributed by atoms with E-state index in [4.69, 9.17) is 22.4 Å². The van der Waals surface area contributed by atoms with Gasteiger partial charge in [-0.15, -0.1) is 0 Å². The van der Waals surface area contributed by atoms with Gasteiger partial charge in [0.25, 0.3) is 0 Å². The Bertz CT molecular complexity index is 977. The second kappa shape index (κ2) is 6.80. The van der Waals surface area contributed by atoms with E-state index < -0.39 is 59.0 Å². The summed E-state index contributed by atoms with van der Waals surface area (Å²) in [5.74, 6) is -11.9. The summed E-state index contributed by atoms with van der Waals surface area (Å²) in [4.78, 5) is 24.9. The Morgan fingerprint density at radius 1 is 1.19 bits per heavy atom. The third kappa shape index (κ3) is 3.22. The highest BCUT2D eigenvalue weighted by atomic mass is 32.1. The van der Waals surface area contributed by atoms with Gasteiger partial charge < -0.3 is 19.8 Å². The number of H-pyrrole nitrogens is 1. The summed E-state index contributed by atoms with van der Waals surface area (Å²) in [7, 11) is 0. The summed E-state index contributed by atoms with van der Waals surface area (Å²) in [6, 6.07) is 0.117.